The molecular formula is C13H16. The molecule has 0 saturated heterocycles. The van der Waals surface area contributed by atoms with Crippen molar-refractivity contribution in [1.29, 1.82) is 0 Å². The SMILES string of the molecule is C=C/C=C(C=C)/C=C/C(C=C)=C/C. The average Bonchev–Trinajstić information content (AvgIpc) is 2.17. The number of hydrogen-bond acceptors (Lipinski definition) is 0. The molecule has 0 saturated carbocycles. The van der Waals surface area contributed by atoms with Gasteiger partial charge in [-0.1, -0.05) is 62.3 Å². The third-order valence-electron chi connectivity index (χ3n) is 1.58. The minimum atomic E-state index is 1.04. The zero-order valence-electron chi connectivity index (χ0n) is 8.16. The van der Waals surface area contributed by atoms with Crippen molar-refractivity contribution < 1.29 is 0 Å². The third kappa shape index (κ3) is 4.81. The zero-order valence-corrected chi connectivity index (χ0v) is 8.16. The molecule has 0 amide bonds. The summed E-state index contributed by atoms with van der Waals surface area (Å²) in [6, 6.07) is 0. The molecule has 0 aliphatic heterocycles. The summed E-state index contributed by atoms with van der Waals surface area (Å²) < 4.78 is 0. The van der Waals surface area contributed by atoms with Crippen LogP contribution in [0.25, 0.3) is 0 Å². The maximum absolute atomic E-state index is 3.70. The molecule has 0 atom stereocenters. The molecule has 0 aliphatic rings. The normalized spacial score (nSPS) is 13.0. The molecule has 68 valence electrons. The van der Waals surface area contributed by atoms with Crippen molar-refractivity contribution in [1.82, 2.24) is 0 Å². The van der Waals surface area contributed by atoms with Crippen molar-refractivity contribution in [3.63, 3.8) is 0 Å². The van der Waals surface area contributed by atoms with Crippen molar-refractivity contribution in [2.24, 2.45) is 0 Å². The Morgan fingerprint density at radius 1 is 0.923 bits per heavy atom. The van der Waals surface area contributed by atoms with Gasteiger partial charge >= 0.3 is 0 Å². The predicted octanol–water partition coefficient (Wildman–Crippen LogP) is 3.97. The van der Waals surface area contributed by atoms with E-state index in [4.69, 9.17) is 0 Å². The van der Waals surface area contributed by atoms with Crippen LogP contribution in [0.3, 0.4) is 0 Å². The quantitative estimate of drug-likeness (QED) is 0.550. The lowest BCUT2D eigenvalue weighted by Crippen LogP contribution is -1.71. The average molecular weight is 172 g/mol. The van der Waals surface area contributed by atoms with E-state index in [0.717, 1.165) is 11.1 Å². The molecule has 0 spiro atoms. The first-order valence-corrected chi connectivity index (χ1v) is 4.20. The molecule has 0 heteroatoms. The first-order chi connectivity index (χ1) is 6.28. The molecule has 0 N–H and O–H groups in total. The van der Waals surface area contributed by atoms with E-state index in [0.29, 0.717) is 0 Å². The minimum absolute atomic E-state index is 1.04. The van der Waals surface area contributed by atoms with Gasteiger partial charge in [0.05, 0.1) is 0 Å². The molecular weight excluding hydrogens is 156 g/mol. The molecule has 0 nitrogen and oxygen atoms in total. The Morgan fingerprint density at radius 3 is 1.85 bits per heavy atom. The van der Waals surface area contributed by atoms with Crippen molar-refractivity contribution in [2.75, 3.05) is 0 Å². The zero-order chi connectivity index (χ0) is 10.1. The Hall–Kier alpha value is -1.56. The van der Waals surface area contributed by atoms with E-state index in [2.05, 4.69) is 19.7 Å². The summed E-state index contributed by atoms with van der Waals surface area (Å²) in [5, 5.41) is 0. The Balaban J connectivity index is 4.56. The molecule has 0 aromatic heterocycles. The first-order valence-electron chi connectivity index (χ1n) is 4.20. The molecule has 0 radical (unpaired) electrons. The van der Waals surface area contributed by atoms with Gasteiger partial charge < -0.3 is 0 Å². The van der Waals surface area contributed by atoms with Crippen molar-refractivity contribution in [2.45, 2.75) is 6.92 Å². The standard InChI is InChI=1S/C13H16/c1-5-9-13(8-4)11-10-12(6-2)7-3/h5-11H,1-2,4H2,3H3/b11-10+,12-7+,13-9+. The van der Waals surface area contributed by atoms with Crippen LogP contribution in [0.2, 0.25) is 0 Å². The van der Waals surface area contributed by atoms with Crippen LogP contribution in [0.4, 0.5) is 0 Å². The largest absolute Gasteiger partial charge is 0.0990 e. The second-order valence-electron chi connectivity index (χ2n) is 2.43. The van der Waals surface area contributed by atoms with E-state index in [9.17, 15) is 0 Å². The fourth-order valence-electron chi connectivity index (χ4n) is 0.802. The Bertz CT molecular complexity index is 272. The smallest absolute Gasteiger partial charge is 0.0263 e. The first kappa shape index (κ1) is 11.4. The summed E-state index contributed by atoms with van der Waals surface area (Å²) in [5.74, 6) is 0. The van der Waals surface area contributed by atoms with Crippen LogP contribution in [0, 0.1) is 0 Å². The van der Waals surface area contributed by atoms with Gasteiger partial charge in [0, 0.05) is 0 Å². The van der Waals surface area contributed by atoms with Crippen LogP contribution in [0.5, 0.6) is 0 Å². The Kier molecular flexibility index (Phi) is 6.26. The molecule has 0 unspecified atom stereocenters. The molecule has 0 heterocycles. The second kappa shape index (κ2) is 7.11. The van der Waals surface area contributed by atoms with Gasteiger partial charge in [-0.15, -0.1) is 0 Å². The molecule has 0 aromatic carbocycles. The highest BCUT2D eigenvalue weighted by Crippen LogP contribution is 2.03. The molecule has 0 fully saturated rings. The van der Waals surface area contributed by atoms with E-state index >= 15 is 0 Å². The third-order valence-corrected chi connectivity index (χ3v) is 1.58. The minimum Gasteiger partial charge on any atom is -0.0990 e. The van der Waals surface area contributed by atoms with E-state index in [1.165, 1.54) is 0 Å². The summed E-state index contributed by atoms with van der Waals surface area (Å²) in [6.45, 7) is 13.0. The topological polar surface area (TPSA) is 0 Å². The van der Waals surface area contributed by atoms with Gasteiger partial charge in [0.15, 0.2) is 0 Å². The maximum atomic E-state index is 3.70. The maximum Gasteiger partial charge on any atom is -0.0263 e. The van der Waals surface area contributed by atoms with Gasteiger partial charge in [-0.3, -0.25) is 0 Å². The van der Waals surface area contributed by atoms with E-state index in [1.54, 1.807) is 12.2 Å². The summed E-state index contributed by atoms with van der Waals surface area (Å²) >= 11 is 0. The van der Waals surface area contributed by atoms with Crippen molar-refractivity contribution in [3.8, 4) is 0 Å². The monoisotopic (exact) mass is 172 g/mol. The van der Waals surface area contributed by atoms with E-state index in [1.807, 2.05) is 37.3 Å². The molecule has 0 aromatic rings. The number of allylic oxidation sites excluding steroid dienone is 9. The van der Waals surface area contributed by atoms with Gasteiger partial charge in [0.1, 0.15) is 0 Å². The van der Waals surface area contributed by atoms with Crippen LogP contribution in [-0.4, -0.2) is 0 Å². The van der Waals surface area contributed by atoms with Crippen LogP contribution in [-0.2, 0) is 0 Å². The van der Waals surface area contributed by atoms with Crippen LogP contribution in [0.1, 0.15) is 6.92 Å². The van der Waals surface area contributed by atoms with Crippen LogP contribution in [0.15, 0.2) is 73.4 Å². The lowest BCUT2D eigenvalue weighted by molar-refractivity contribution is 1.59. The molecule has 0 rings (SSSR count). The molecule has 13 heavy (non-hydrogen) atoms. The number of rotatable bonds is 5. The Labute approximate surface area is 81.0 Å². The van der Waals surface area contributed by atoms with Crippen molar-refractivity contribution >= 4 is 0 Å². The summed E-state index contributed by atoms with van der Waals surface area (Å²) in [4.78, 5) is 0. The fourth-order valence-corrected chi connectivity index (χ4v) is 0.802. The fraction of sp³-hybridized carbons (Fsp3) is 0.0769. The van der Waals surface area contributed by atoms with Gasteiger partial charge in [-0.25, -0.2) is 0 Å². The second-order valence-corrected chi connectivity index (χ2v) is 2.43. The Morgan fingerprint density at radius 2 is 1.46 bits per heavy atom. The highest BCUT2D eigenvalue weighted by molar-refractivity contribution is 5.38. The highest BCUT2D eigenvalue weighted by Gasteiger charge is 1.83. The number of hydrogen-bond donors (Lipinski definition) is 0. The van der Waals surface area contributed by atoms with E-state index < -0.39 is 0 Å². The lowest BCUT2D eigenvalue weighted by atomic mass is 10.1. The van der Waals surface area contributed by atoms with Gasteiger partial charge in [-0.05, 0) is 18.1 Å². The predicted molar refractivity (Wildman–Crippen MR) is 61.6 cm³/mol. The summed E-state index contributed by atoms with van der Waals surface area (Å²) in [5.41, 5.74) is 2.13. The van der Waals surface area contributed by atoms with Gasteiger partial charge in [0.25, 0.3) is 0 Å². The summed E-state index contributed by atoms with van der Waals surface area (Å²) in [7, 11) is 0. The summed E-state index contributed by atoms with van der Waals surface area (Å²) in [6.07, 6.45) is 13.2. The molecule has 0 aliphatic carbocycles. The van der Waals surface area contributed by atoms with Crippen molar-refractivity contribution in [3.05, 3.63) is 73.4 Å². The lowest BCUT2D eigenvalue weighted by Gasteiger charge is -1.92. The highest BCUT2D eigenvalue weighted by atomic mass is 13.9. The van der Waals surface area contributed by atoms with E-state index in [-0.39, 0.29) is 0 Å². The van der Waals surface area contributed by atoms with Gasteiger partial charge in [-0.2, -0.15) is 0 Å². The van der Waals surface area contributed by atoms with Crippen LogP contribution >= 0.6 is 0 Å². The molecule has 0 bridgehead atoms. The van der Waals surface area contributed by atoms with Crippen LogP contribution < -0.4 is 0 Å². The van der Waals surface area contributed by atoms with Gasteiger partial charge in [0.2, 0.25) is 0 Å².